The van der Waals surface area contributed by atoms with Crippen LogP contribution in [0.3, 0.4) is 0 Å². The molecule has 2 heterocycles. The highest BCUT2D eigenvalue weighted by atomic mass is 35.5. The summed E-state index contributed by atoms with van der Waals surface area (Å²) in [6, 6.07) is 6.61. The quantitative estimate of drug-likeness (QED) is 0.191. The number of carbonyl (C=O) groups is 4. The number of aromatic nitrogens is 1. The van der Waals surface area contributed by atoms with Crippen molar-refractivity contribution in [2.24, 2.45) is 5.16 Å². The van der Waals surface area contributed by atoms with Gasteiger partial charge in [-0.05, 0) is 12.1 Å². The molecule has 1 aliphatic heterocycles. The van der Waals surface area contributed by atoms with Gasteiger partial charge in [-0.1, -0.05) is 23.4 Å². The predicted molar refractivity (Wildman–Crippen MR) is 114 cm³/mol. The van der Waals surface area contributed by atoms with Gasteiger partial charge in [0.05, 0.1) is 0 Å². The second-order valence-corrected chi connectivity index (χ2v) is 7.26. The fourth-order valence-electron chi connectivity index (χ4n) is 2.59. The molecule has 11 nitrogen and oxygen atoms in total. The highest BCUT2D eigenvalue weighted by Crippen LogP contribution is 2.17. The minimum absolute atomic E-state index is 0.110. The van der Waals surface area contributed by atoms with Crippen LogP contribution >= 0.6 is 22.9 Å². The minimum atomic E-state index is -1.10. The number of halogens is 1. The van der Waals surface area contributed by atoms with Crippen molar-refractivity contribution in [1.29, 1.82) is 0 Å². The van der Waals surface area contributed by atoms with Crippen LogP contribution in [-0.4, -0.2) is 59.4 Å². The van der Waals surface area contributed by atoms with E-state index in [1.807, 2.05) is 0 Å². The maximum absolute atomic E-state index is 12.7. The van der Waals surface area contributed by atoms with E-state index >= 15 is 0 Å². The number of carbonyl (C=O) groups excluding carboxylic acids is 4. The molecule has 4 amide bonds. The number of alkyl halides is 1. The summed E-state index contributed by atoms with van der Waals surface area (Å²) in [5.41, 5.74) is 0.431. The lowest BCUT2D eigenvalue weighted by molar-refractivity contribution is -0.140. The zero-order valence-corrected chi connectivity index (χ0v) is 17.6. The standard InChI is InChI=1S/C18H17ClN6O5S/c1-30-25-12(10-8-31-18(21-10)22-11(26)7-19)15(27)23-14-13(24-17(14)29)16(28)20-9-5-3-2-4-6-9/h2-6,8,13-14H,7H2,1H3,(H,20,28)(H,23,27)(H,24,29)(H,21,22,26)/b25-12-/t13-,14-/m1/s1. The lowest BCUT2D eigenvalue weighted by Gasteiger charge is -2.35. The Hall–Kier alpha value is -3.51. The third kappa shape index (κ3) is 5.35. The maximum Gasteiger partial charge on any atom is 0.276 e. The molecular formula is C18H17ClN6O5S. The topological polar surface area (TPSA) is 151 Å². The van der Waals surface area contributed by atoms with Gasteiger partial charge in [-0.2, -0.15) is 0 Å². The number of hydrogen-bond acceptors (Lipinski definition) is 8. The van der Waals surface area contributed by atoms with E-state index in [2.05, 4.69) is 31.4 Å². The van der Waals surface area contributed by atoms with Crippen LogP contribution in [0.25, 0.3) is 0 Å². The van der Waals surface area contributed by atoms with Gasteiger partial charge in [0.1, 0.15) is 30.8 Å². The monoisotopic (exact) mass is 464 g/mol. The Morgan fingerprint density at radius 2 is 2.00 bits per heavy atom. The zero-order chi connectivity index (χ0) is 22.4. The molecule has 0 unspecified atom stereocenters. The van der Waals surface area contributed by atoms with Gasteiger partial charge >= 0.3 is 0 Å². The highest BCUT2D eigenvalue weighted by molar-refractivity contribution is 7.14. The second-order valence-electron chi connectivity index (χ2n) is 6.13. The smallest absolute Gasteiger partial charge is 0.276 e. The van der Waals surface area contributed by atoms with Gasteiger partial charge < -0.3 is 26.1 Å². The molecule has 13 heteroatoms. The summed E-state index contributed by atoms with van der Waals surface area (Å²) in [7, 11) is 1.24. The number of benzene rings is 1. The number of anilines is 2. The van der Waals surface area contributed by atoms with Crippen molar-refractivity contribution in [3.05, 3.63) is 41.4 Å². The SMILES string of the molecule is CO/N=C(\C(=O)N[C@H]1C(=O)N[C@H]1C(=O)Nc1ccccc1)c1csc(NC(=O)CCl)n1. The van der Waals surface area contributed by atoms with E-state index in [9.17, 15) is 19.2 Å². The normalized spacial score (nSPS) is 17.7. The fraction of sp³-hybridized carbons (Fsp3) is 0.222. The summed E-state index contributed by atoms with van der Waals surface area (Å²) in [6.45, 7) is 0. The van der Waals surface area contributed by atoms with Crippen molar-refractivity contribution in [2.75, 3.05) is 23.6 Å². The van der Waals surface area contributed by atoms with E-state index in [0.29, 0.717) is 5.69 Å². The van der Waals surface area contributed by atoms with Crippen molar-refractivity contribution in [1.82, 2.24) is 15.6 Å². The largest absolute Gasteiger partial charge is 0.398 e. The zero-order valence-electron chi connectivity index (χ0n) is 16.0. The van der Waals surface area contributed by atoms with Gasteiger partial charge in [0.25, 0.3) is 5.91 Å². The van der Waals surface area contributed by atoms with Crippen LogP contribution in [0.2, 0.25) is 0 Å². The molecule has 0 radical (unpaired) electrons. The van der Waals surface area contributed by atoms with Gasteiger partial charge in [0.15, 0.2) is 10.8 Å². The molecule has 1 aromatic heterocycles. The number of oxime groups is 1. The number of nitrogens with zero attached hydrogens (tertiary/aromatic N) is 2. The fourth-order valence-corrected chi connectivity index (χ4v) is 3.37. The Morgan fingerprint density at radius 1 is 1.26 bits per heavy atom. The first-order valence-corrected chi connectivity index (χ1v) is 10.2. The third-order valence-electron chi connectivity index (χ3n) is 4.04. The molecule has 1 fully saturated rings. The summed E-state index contributed by atoms with van der Waals surface area (Å²) in [6.07, 6.45) is 0. The number of thiazole rings is 1. The van der Waals surface area contributed by atoms with Gasteiger partial charge in [-0.3, -0.25) is 19.2 Å². The molecule has 31 heavy (non-hydrogen) atoms. The van der Waals surface area contributed by atoms with Gasteiger partial charge in [-0.25, -0.2) is 4.98 Å². The van der Waals surface area contributed by atoms with Gasteiger partial charge in [0.2, 0.25) is 17.7 Å². The molecule has 4 N–H and O–H groups in total. The summed E-state index contributed by atoms with van der Waals surface area (Å²) < 4.78 is 0. The van der Waals surface area contributed by atoms with Crippen molar-refractivity contribution < 1.29 is 24.0 Å². The predicted octanol–water partition coefficient (Wildman–Crippen LogP) is 0.293. The molecule has 0 spiro atoms. The first kappa shape index (κ1) is 22.2. The number of β-lactam (4-membered cyclic amide) rings is 1. The Kier molecular flexibility index (Phi) is 7.15. The van der Waals surface area contributed by atoms with Crippen molar-refractivity contribution in [2.45, 2.75) is 12.1 Å². The lowest BCUT2D eigenvalue weighted by atomic mass is 9.97. The van der Waals surface area contributed by atoms with Crippen molar-refractivity contribution in [3.63, 3.8) is 0 Å². The summed E-state index contributed by atoms with van der Waals surface area (Å²) in [5.74, 6) is -2.50. The van der Waals surface area contributed by atoms with Crippen LogP contribution in [0.1, 0.15) is 5.69 Å². The van der Waals surface area contributed by atoms with Crippen LogP contribution in [-0.2, 0) is 24.0 Å². The Morgan fingerprint density at radius 3 is 2.65 bits per heavy atom. The summed E-state index contributed by atoms with van der Waals surface area (Å²) in [5, 5.41) is 15.4. The van der Waals surface area contributed by atoms with E-state index in [0.717, 1.165) is 11.3 Å². The van der Waals surface area contributed by atoms with E-state index in [1.165, 1.54) is 12.5 Å². The minimum Gasteiger partial charge on any atom is -0.398 e. The number of nitrogens with one attached hydrogen (secondary N) is 4. The van der Waals surface area contributed by atoms with Crippen molar-refractivity contribution in [3.8, 4) is 0 Å². The average Bonchev–Trinajstić information content (AvgIpc) is 3.22. The van der Waals surface area contributed by atoms with E-state index in [4.69, 9.17) is 16.4 Å². The molecular weight excluding hydrogens is 448 g/mol. The molecule has 1 saturated heterocycles. The molecule has 2 aromatic rings. The Bertz CT molecular complexity index is 1030. The third-order valence-corrected chi connectivity index (χ3v) is 5.04. The lowest BCUT2D eigenvalue weighted by Crippen LogP contribution is -2.73. The molecule has 1 aliphatic rings. The van der Waals surface area contributed by atoms with Crippen molar-refractivity contribution >= 4 is 63.1 Å². The van der Waals surface area contributed by atoms with E-state index < -0.39 is 35.7 Å². The molecule has 162 valence electrons. The average molecular weight is 465 g/mol. The molecule has 0 saturated carbocycles. The van der Waals surface area contributed by atoms with Crippen LogP contribution in [0.4, 0.5) is 10.8 Å². The number of para-hydroxylation sites is 1. The Labute approximate surface area is 185 Å². The first-order chi connectivity index (χ1) is 14.9. The summed E-state index contributed by atoms with van der Waals surface area (Å²) in [4.78, 5) is 57.3. The van der Waals surface area contributed by atoms with Crippen LogP contribution < -0.4 is 21.3 Å². The molecule has 2 atom stereocenters. The summed E-state index contributed by atoms with van der Waals surface area (Å²) >= 11 is 6.49. The number of hydrogen-bond donors (Lipinski definition) is 4. The molecule has 0 aliphatic carbocycles. The molecule has 0 bridgehead atoms. The number of rotatable bonds is 8. The number of amides is 4. The van der Waals surface area contributed by atoms with Crippen LogP contribution in [0.15, 0.2) is 40.9 Å². The Balaban J connectivity index is 1.68. The highest BCUT2D eigenvalue weighted by Gasteiger charge is 2.45. The van der Waals surface area contributed by atoms with Gasteiger partial charge in [-0.15, -0.1) is 22.9 Å². The molecule has 1 aromatic carbocycles. The molecule has 3 rings (SSSR count). The van der Waals surface area contributed by atoms with Gasteiger partial charge in [0, 0.05) is 11.1 Å². The van der Waals surface area contributed by atoms with Crippen LogP contribution in [0, 0.1) is 0 Å². The first-order valence-electron chi connectivity index (χ1n) is 8.83. The maximum atomic E-state index is 12.7. The van der Waals surface area contributed by atoms with Crippen LogP contribution in [0.5, 0.6) is 0 Å². The second kappa shape index (κ2) is 10.00. The van der Waals surface area contributed by atoms with E-state index in [1.54, 1.807) is 30.3 Å². The van der Waals surface area contributed by atoms with E-state index in [-0.39, 0.29) is 22.4 Å².